The second-order valence-corrected chi connectivity index (χ2v) is 4.44. The van der Waals surface area contributed by atoms with E-state index < -0.39 is 28.2 Å². The highest BCUT2D eigenvalue weighted by Crippen LogP contribution is 2.38. The van der Waals surface area contributed by atoms with Crippen LogP contribution in [-0.2, 0) is 4.79 Å². The maximum absolute atomic E-state index is 11.7. The van der Waals surface area contributed by atoms with Crippen molar-refractivity contribution in [1.29, 1.82) is 0 Å². The number of anilines is 1. The smallest absolute Gasteiger partial charge is 0.305 e. The average molecular weight is 305 g/mol. The van der Waals surface area contributed by atoms with Crippen molar-refractivity contribution in [3.8, 4) is 0 Å². The zero-order valence-electron chi connectivity index (χ0n) is 10.1. The fourth-order valence-electron chi connectivity index (χ4n) is 1.66. The number of nitrogens with zero attached hydrogens (tertiary/aromatic N) is 1. The van der Waals surface area contributed by atoms with Crippen LogP contribution in [0.3, 0.4) is 0 Å². The number of benzene rings is 1. The molecule has 102 valence electrons. The Hall–Kier alpha value is -1.66. The minimum Gasteiger partial charge on any atom is -0.319 e. The Bertz CT molecular complexity index is 572. The fourth-order valence-corrected chi connectivity index (χ4v) is 2.09. The number of carbonyl (C=O) groups is 2. The van der Waals surface area contributed by atoms with E-state index in [0.717, 1.165) is 0 Å². The number of halogens is 2. The predicted molar refractivity (Wildman–Crippen MR) is 72.2 cm³/mol. The molecular weight excluding hydrogens is 295 g/mol. The molecular formula is C11H10Cl2N2O4. The zero-order chi connectivity index (χ0) is 14.7. The normalized spacial score (nSPS) is 10.1. The lowest BCUT2D eigenvalue weighted by Crippen LogP contribution is -2.14. The summed E-state index contributed by atoms with van der Waals surface area (Å²) < 4.78 is 0. The Labute approximate surface area is 118 Å². The third-order valence-electron chi connectivity index (χ3n) is 2.33. The molecule has 0 bridgehead atoms. The molecule has 0 aliphatic carbocycles. The van der Waals surface area contributed by atoms with Gasteiger partial charge in [0.1, 0.15) is 11.3 Å². The summed E-state index contributed by atoms with van der Waals surface area (Å²) in [7, 11) is 0. The maximum atomic E-state index is 11.7. The highest BCUT2D eigenvalue weighted by Gasteiger charge is 2.29. The van der Waals surface area contributed by atoms with E-state index in [4.69, 9.17) is 23.2 Å². The van der Waals surface area contributed by atoms with E-state index in [2.05, 4.69) is 5.32 Å². The molecule has 1 aromatic rings. The van der Waals surface area contributed by atoms with Crippen LogP contribution < -0.4 is 5.32 Å². The fraction of sp³-hybridized carbons (Fsp3) is 0.273. The third-order valence-corrected chi connectivity index (χ3v) is 2.87. The molecule has 0 saturated heterocycles. The van der Waals surface area contributed by atoms with Gasteiger partial charge in [-0.05, 0) is 18.6 Å². The molecule has 0 aliphatic heterocycles. The molecule has 0 radical (unpaired) electrons. The summed E-state index contributed by atoms with van der Waals surface area (Å²) in [4.78, 5) is 33.2. The summed E-state index contributed by atoms with van der Waals surface area (Å²) in [6, 6.07) is 1.37. The van der Waals surface area contributed by atoms with E-state index in [0.29, 0.717) is 5.56 Å². The van der Waals surface area contributed by atoms with Crippen molar-refractivity contribution < 1.29 is 14.5 Å². The SMILES string of the molecule is CC(=O)Nc1c(Cl)cc(C)c(C(=O)CCl)c1[N+](=O)[O-]. The lowest BCUT2D eigenvalue weighted by Gasteiger charge is -2.11. The first kappa shape index (κ1) is 15.4. The van der Waals surface area contributed by atoms with Crippen molar-refractivity contribution in [3.05, 3.63) is 32.3 Å². The van der Waals surface area contributed by atoms with Gasteiger partial charge in [0, 0.05) is 6.92 Å². The number of nitro benzene ring substituents is 1. The highest BCUT2D eigenvalue weighted by atomic mass is 35.5. The summed E-state index contributed by atoms with van der Waals surface area (Å²) >= 11 is 11.3. The van der Waals surface area contributed by atoms with Crippen molar-refractivity contribution in [1.82, 2.24) is 0 Å². The third kappa shape index (κ3) is 3.21. The number of amides is 1. The van der Waals surface area contributed by atoms with Crippen molar-refractivity contribution >= 4 is 46.3 Å². The number of Topliss-reactive ketones (excluding diaryl/α,β-unsaturated/α-hetero) is 1. The number of nitrogens with one attached hydrogen (secondary N) is 1. The molecule has 0 aliphatic rings. The summed E-state index contributed by atoms with van der Waals surface area (Å²) in [6.07, 6.45) is 0. The maximum Gasteiger partial charge on any atom is 0.305 e. The van der Waals surface area contributed by atoms with Gasteiger partial charge < -0.3 is 5.32 Å². The molecule has 0 atom stereocenters. The number of carbonyl (C=O) groups excluding carboxylic acids is 2. The Morgan fingerprint density at radius 3 is 2.47 bits per heavy atom. The molecule has 0 unspecified atom stereocenters. The van der Waals surface area contributed by atoms with Crippen molar-refractivity contribution in [3.63, 3.8) is 0 Å². The van der Waals surface area contributed by atoms with Gasteiger partial charge in [-0.2, -0.15) is 0 Å². The van der Waals surface area contributed by atoms with Crippen LogP contribution in [0.15, 0.2) is 6.07 Å². The van der Waals surface area contributed by atoms with Crippen LogP contribution in [0.5, 0.6) is 0 Å². The van der Waals surface area contributed by atoms with Crippen LogP contribution in [0, 0.1) is 17.0 Å². The Morgan fingerprint density at radius 2 is 2.05 bits per heavy atom. The minimum atomic E-state index is -0.760. The van der Waals surface area contributed by atoms with E-state index in [1.807, 2.05) is 0 Å². The minimum absolute atomic E-state index is 0.00878. The monoisotopic (exact) mass is 304 g/mol. The van der Waals surface area contributed by atoms with Crippen molar-refractivity contribution in [2.24, 2.45) is 0 Å². The van der Waals surface area contributed by atoms with E-state index in [9.17, 15) is 19.7 Å². The lowest BCUT2D eigenvalue weighted by atomic mass is 10.0. The molecule has 6 nitrogen and oxygen atoms in total. The van der Waals surface area contributed by atoms with E-state index in [-0.39, 0.29) is 16.3 Å². The largest absolute Gasteiger partial charge is 0.319 e. The molecule has 1 amide bonds. The molecule has 19 heavy (non-hydrogen) atoms. The van der Waals surface area contributed by atoms with Gasteiger partial charge in [0.2, 0.25) is 5.91 Å². The first-order valence-corrected chi connectivity index (χ1v) is 6.05. The molecule has 1 rings (SSSR count). The Balaban J connectivity index is 3.67. The van der Waals surface area contributed by atoms with Crippen LogP contribution >= 0.6 is 23.2 Å². The summed E-state index contributed by atoms with van der Waals surface area (Å²) in [5, 5.41) is 13.4. The molecule has 0 saturated carbocycles. The van der Waals surface area contributed by atoms with Crippen LogP contribution in [0.1, 0.15) is 22.8 Å². The lowest BCUT2D eigenvalue weighted by molar-refractivity contribution is -0.384. The molecule has 0 fully saturated rings. The van der Waals surface area contributed by atoms with Gasteiger partial charge in [-0.25, -0.2) is 0 Å². The van der Waals surface area contributed by atoms with Crippen LogP contribution in [-0.4, -0.2) is 22.5 Å². The second-order valence-electron chi connectivity index (χ2n) is 3.77. The Morgan fingerprint density at radius 1 is 1.47 bits per heavy atom. The first-order chi connectivity index (χ1) is 8.79. The van der Waals surface area contributed by atoms with Gasteiger partial charge >= 0.3 is 5.69 Å². The van der Waals surface area contributed by atoms with Gasteiger partial charge in [-0.3, -0.25) is 19.7 Å². The molecule has 0 spiro atoms. The topological polar surface area (TPSA) is 89.3 Å². The number of alkyl halides is 1. The standard InChI is InChI=1S/C11H10Cl2N2O4/c1-5-3-7(13)10(14-6(2)16)11(15(18)19)9(5)8(17)4-12/h3H,4H2,1-2H3,(H,14,16). The number of ketones is 1. The number of hydrogen-bond donors (Lipinski definition) is 1. The number of aryl methyl sites for hydroxylation is 1. The predicted octanol–water partition coefficient (Wildman–Crippen LogP) is 2.94. The molecule has 1 N–H and O–H groups in total. The quantitative estimate of drug-likeness (QED) is 0.401. The van der Waals surface area contributed by atoms with E-state index in [1.165, 1.54) is 19.9 Å². The molecule has 8 heteroatoms. The highest BCUT2D eigenvalue weighted by molar-refractivity contribution is 6.36. The molecule has 0 aromatic heterocycles. The first-order valence-electron chi connectivity index (χ1n) is 5.13. The molecule has 1 aromatic carbocycles. The van der Waals surface area contributed by atoms with E-state index in [1.54, 1.807) is 0 Å². The van der Waals surface area contributed by atoms with Gasteiger partial charge in [-0.15, -0.1) is 11.6 Å². The number of nitro groups is 1. The van der Waals surface area contributed by atoms with Gasteiger partial charge in [0.15, 0.2) is 5.78 Å². The van der Waals surface area contributed by atoms with E-state index >= 15 is 0 Å². The van der Waals surface area contributed by atoms with Crippen molar-refractivity contribution in [2.45, 2.75) is 13.8 Å². The second kappa shape index (κ2) is 5.99. The van der Waals surface area contributed by atoms with Gasteiger partial charge in [0.05, 0.1) is 15.8 Å². The summed E-state index contributed by atoms with van der Waals surface area (Å²) in [6.45, 7) is 2.69. The average Bonchev–Trinajstić information content (AvgIpc) is 2.30. The summed E-state index contributed by atoms with van der Waals surface area (Å²) in [5.41, 5.74) is -0.548. The Kier molecular flexibility index (Phi) is 4.85. The number of rotatable bonds is 4. The molecule has 0 heterocycles. The van der Waals surface area contributed by atoms with Crippen LogP contribution in [0.4, 0.5) is 11.4 Å². The van der Waals surface area contributed by atoms with Crippen LogP contribution in [0.2, 0.25) is 5.02 Å². The zero-order valence-corrected chi connectivity index (χ0v) is 11.6. The van der Waals surface area contributed by atoms with Gasteiger partial charge in [0.25, 0.3) is 0 Å². The van der Waals surface area contributed by atoms with Crippen molar-refractivity contribution in [2.75, 3.05) is 11.2 Å². The van der Waals surface area contributed by atoms with Gasteiger partial charge in [-0.1, -0.05) is 11.6 Å². The van der Waals surface area contributed by atoms with Crippen LogP contribution in [0.25, 0.3) is 0 Å². The number of hydrogen-bond acceptors (Lipinski definition) is 4. The summed E-state index contributed by atoms with van der Waals surface area (Å²) in [5.74, 6) is -1.53.